The number of para-hydroxylation sites is 1. The second kappa shape index (κ2) is 8.70. The van der Waals surface area contributed by atoms with E-state index in [2.05, 4.69) is 21.1 Å². The molecule has 0 aliphatic carbocycles. The lowest BCUT2D eigenvalue weighted by Gasteiger charge is -2.17. The van der Waals surface area contributed by atoms with Crippen molar-refractivity contribution < 1.29 is 17.6 Å². The lowest BCUT2D eigenvalue weighted by atomic mass is 10.2. The molecular weight excluding hydrogens is 466 g/mol. The number of aryl methyl sites for hydroxylation is 1. The molecule has 2 aromatic carbocycles. The predicted molar refractivity (Wildman–Crippen MR) is 129 cm³/mol. The molecule has 9 nitrogen and oxygen atoms in total. The van der Waals surface area contributed by atoms with E-state index in [1.807, 2.05) is 6.92 Å². The molecule has 0 spiro atoms. The van der Waals surface area contributed by atoms with Crippen LogP contribution in [-0.4, -0.2) is 44.9 Å². The number of terminal acetylenes is 1. The van der Waals surface area contributed by atoms with Crippen LogP contribution in [0.4, 0.5) is 0 Å². The first-order valence-electron chi connectivity index (χ1n) is 10.6. The Balaban J connectivity index is 1.68. The molecule has 0 atom stereocenters. The van der Waals surface area contributed by atoms with E-state index in [4.69, 9.17) is 10.8 Å². The average Bonchev–Trinajstić information content (AvgIpc) is 3.49. The molecule has 5 rings (SSSR count). The van der Waals surface area contributed by atoms with Crippen molar-refractivity contribution in [3.63, 3.8) is 0 Å². The van der Waals surface area contributed by atoms with Crippen LogP contribution in [0.1, 0.15) is 21.9 Å². The van der Waals surface area contributed by atoms with Crippen molar-refractivity contribution in [3.8, 4) is 12.3 Å². The third kappa shape index (κ3) is 3.92. The van der Waals surface area contributed by atoms with Crippen molar-refractivity contribution in [2.45, 2.75) is 18.4 Å². The van der Waals surface area contributed by atoms with Crippen LogP contribution in [0, 0.1) is 19.3 Å². The molecule has 0 N–H and O–H groups in total. The Labute approximate surface area is 201 Å². The van der Waals surface area contributed by atoms with Crippen LogP contribution in [0.3, 0.4) is 0 Å². The van der Waals surface area contributed by atoms with Crippen LogP contribution in [0.5, 0.6) is 0 Å². The fraction of sp³-hybridized carbons (Fsp3) is 0.120. The maximum Gasteiger partial charge on any atom is 0.294 e. The van der Waals surface area contributed by atoms with Gasteiger partial charge in [0, 0.05) is 5.39 Å². The van der Waals surface area contributed by atoms with Crippen molar-refractivity contribution in [1.29, 1.82) is 0 Å². The van der Waals surface area contributed by atoms with E-state index in [0.717, 1.165) is 9.54 Å². The second-order valence-electron chi connectivity index (χ2n) is 7.85. The zero-order chi connectivity index (χ0) is 24.6. The Hall–Kier alpha value is -4.49. The third-order valence-electron chi connectivity index (χ3n) is 5.49. The Kier molecular flexibility index (Phi) is 5.55. The smallest absolute Gasteiger partial charge is 0.294 e. The Bertz CT molecular complexity index is 1700. The quantitative estimate of drug-likeness (QED) is 0.339. The van der Waals surface area contributed by atoms with Crippen molar-refractivity contribution in [2.75, 3.05) is 6.54 Å². The van der Waals surface area contributed by atoms with E-state index >= 15 is 0 Å². The molecule has 0 fully saturated rings. The van der Waals surface area contributed by atoms with Crippen molar-refractivity contribution >= 4 is 38.0 Å². The van der Waals surface area contributed by atoms with Gasteiger partial charge in [-0.05, 0) is 37.3 Å². The minimum Gasteiger partial charge on any atom is -0.467 e. The molecule has 0 bridgehead atoms. The number of furan rings is 1. The third-order valence-corrected chi connectivity index (χ3v) is 7.20. The Morgan fingerprint density at radius 3 is 2.57 bits per heavy atom. The van der Waals surface area contributed by atoms with E-state index in [0.29, 0.717) is 16.7 Å². The number of amides is 1. The van der Waals surface area contributed by atoms with Crippen molar-refractivity contribution in [2.24, 2.45) is 0 Å². The van der Waals surface area contributed by atoms with Crippen LogP contribution in [-0.2, 0) is 16.6 Å². The summed E-state index contributed by atoms with van der Waals surface area (Å²) < 4.78 is 33.8. The van der Waals surface area contributed by atoms with Crippen molar-refractivity contribution in [1.82, 2.24) is 24.1 Å². The molecule has 0 saturated carbocycles. The second-order valence-corrected chi connectivity index (χ2v) is 9.64. The van der Waals surface area contributed by atoms with E-state index in [-0.39, 0.29) is 35.0 Å². The normalized spacial score (nSPS) is 11.5. The van der Waals surface area contributed by atoms with Gasteiger partial charge in [-0.15, -0.1) is 16.6 Å². The zero-order valence-corrected chi connectivity index (χ0v) is 19.4. The predicted octanol–water partition coefficient (Wildman–Crippen LogP) is 3.39. The molecule has 0 radical (unpaired) electrons. The number of carbonyl (C=O) groups excluding carboxylic acids is 1. The van der Waals surface area contributed by atoms with Gasteiger partial charge in [0.25, 0.3) is 15.9 Å². The summed E-state index contributed by atoms with van der Waals surface area (Å²) in [5.74, 6) is 2.09. The minimum absolute atomic E-state index is 0.00350. The molecule has 0 saturated heterocycles. The van der Waals surface area contributed by atoms with Gasteiger partial charge in [-0.1, -0.05) is 41.8 Å². The summed E-state index contributed by atoms with van der Waals surface area (Å²) in [7, 11) is -4.07. The number of fused-ring (bicyclic) bond motifs is 3. The summed E-state index contributed by atoms with van der Waals surface area (Å²) >= 11 is 0. The van der Waals surface area contributed by atoms with Gasteiger partial charge >= 0.3 is 0 Å². The standard InChI is InChI=1S/C25H19N5O4S/c1-3-14-29(16-18-7-6-15-34-18)25(31)23-26-24-22(27-28-23)20-8-4-5-9-21(20)30(24)35(32,33)19-12-10-17(2)11-13-19/h1,4-13,15H,14,16H2,2H3. The molecule has 35 heavy (non-hydrogen) atoms. The average molecular weight is 486 g/mol. The number of nitrogens with zero attached hydrogens (tertiary/aromatic N) is 5. The SMILES string of the molecule is C#CCN(Cc1ccco1)C(=O)c1nnc2c3ccccc3n(S(=O)(=O)c3ccc(C)cc3)c2n1. The summed E-state index contributed by atoms with van der Waals surface area (Å²) in [5, 5.41) is 8.75. The first kappa shape index (κ1) is 22.3. The summed E-state index contributed by atoms with van der Waals surface area (Å²) in [6.45, 7) is 1.95. The minimum atomic E-state index is -4.07. The highest BCUT2D eigenvalue weighted by Gasteiger charge is 2.27. The molecule has 5 aromatic rings. The molecule has 1 amide bonds. The number of hydrogen-bond donors (Lipinski definition) is 0. The highest BCUT2D eigenvalue weighted by atomic mass is 32.2. The molecule has 0 unspecified atom stereocenters. The number of rotatable bonds is 6. The summed E-state index contributed by atoms with van der Waals surface area (Å²) in [6, 6.07) is 16.8. The van der Waals surface area contributed by atoms with Gasteiger partial charge in [-0.25, -0.2) is 17.4 Å². The molecule has 3 aromatic heterocycles. The first-order chi connectivity index (χ1) is 16.9. The fourth-order valence-corrected chi connectivity index (χ4v) is 5.25. The number of benzene rings is 2. The monoisotopic (exact) mass is 485 g/mol. The van der Waals surface area contributed by atoms with Gasteiger partial charge in [-0.3, -0.25) is 4.79 Å². The molecule has 10 heteroatoms. The van der Waals surface area contributed by atoms with Gasteiger partial charge in [0.1, 0.15) is 11.3 Å². The van der Waals surface area contributed by atoms with Gasteiger partial charge < -0.3 is 9.32 Å². The molecule has 3 heterocycles. The number of aromatic nitrogens is 4. The highest BCUT2D eigenvalue weighted by molar-refractivity contribution is 7.90. The van der Waals surface area contributed by atoms with Gasteiger partial charge in [0.05, 0.1) is 29.8 Å². The lowest BCUT2D eigenvalue weighted by Crippen LogP contribution is -2.32. The maximum atomic E-state index is 13.7. The fourth-order valence-electron chi connectivity index (χ4n) is 3.79. The maximum absolute atomic E-state index is 13.7. The van der Waals surface area contributed by atoms with Crippen LogP contribution in [0.15, 0.2) is 76.2 Å². The van der Waals surface area contributed by atoms with Crippen molar-refractivity contribution in [3.05, 3.63) is 84.1 Å². The van der Waals surface area contributed by atoms with Crippen LogP contribution in [0.25, 0.3) is 22.1 Å². The van der Waals surface area contributed by atoms with Gasteiger partial charge in [0.2, 0.25) is 5.82 Å². The van der Waals surface area contributed by atoms with Crippen LogP contribution in [0.2, 0.25) is 0 Å². The molecular formula is C25H19N5O4S. The lowest BCUT2D eigenvalue weighted by molar-refractivity contribution is 0.0742. The molecule has 174 valence electrons. The van der Waals surface area contributed by atoms with Crippen LogP contribution >= 0.6 is 0 Å². The van der Waals surface area contributed by atoms with E-state index in [1.165, 1.54) is 23.3 Å². The van der Waals surface area contributed by atoms with Gasteiger partial charge in [0.15, 0.2) is 5.65 Å². The van der Waals surface area contributed by atoms with Gasteiger partial charge in [-0.2, -0.15) is 0 Å². The molecule has 0 aliphatic heterocycles. The first-order valence-corrected chi connectivity index (χ1v) is 12.1. The molecule has 0 aliphatic rings. The Morgan fingerprint density at radius 1 is 1.09 bits per heavy atom. The highest BCUT2D eigenvalue weighted by Crippen LogP contribution is 2.30. The van der Waals surface area contributed by atoms with E-state index < -0.39 is 15.9 Å². The Morgan fingerprint density at radius 2 is 1.86 bits per heavy atom. The van der Waals surface area contributed by atoms with Crippen LogP contribution < -0.4 is 0 Å². The summed E-state index contributed by atoms with van der Waals surface area (Å²) in [4.78, 5) is 19.0. The topological polar surface area (TPSA) is 111 Å². The zero-order valence-electron chi connectivity index (χ0n) is 18.6. The van der Waals surface area contributed by atoms with E-state index in [9.17, 15) is 13.2 Å². The summed E-state index contributed by atoms with van der Waals surface area (Å²) in [5.41, 5.74) is 1.57. The summed E-state index contributed by atoms with van der Waals surface area (Å²) in [6.07, 6.45) is 6.95. The number of hydrogen-bond acceptors (Lipinski definition) is 7. The van der Waals surface area contributed by atoms with E-state index in [1.54, 1.807) is 48.5 Å². The largest absolute Gasteiger partial charge is 0.467 e. The number of carbonyl (C=O) groups is 1.